The van der Waals surface area contributed by atoms with E-state index >= 15 is 0 Å². The predicted molar refractivity (Wildman–Crippen MR) is 106 cm³/mol. The van der Waals surface area contributed by atoms with Crippen LogP contribution in [0.1, 0.15) is 30.4 Å². The zero-order chi connectivity index (χ0) is 19.0. The summed E-state index contributed by atoms with van der Waals surface area (Å²) in [5.41, 5.74) is 0.808. The molecule has 4 nitrogen and oxygen atoms in total. The highest BCUT2D eigenvalue weighted by molar-refractivity contribution is 6.32. The van der Waals surface area contributed by atoms with Crippen LogP contribution in [0.4, 0.5) is 0 Å². The van der Waals surface area contributed by atoms with Crippen LogP contribution in [0.25, 0.3) is 0 Å². The highest BCUT2D eigenvalue weighted by atomic mass is 35.5. The molecule has 0 unspecified atom stereocenters. The Bertz CT molecular complexity index is 901. The molecule has 2 amide bonds. The predicted octanol–water partition coefficient (Wildman–Crippen LogP) is 3.94. The van der Waals surface area contributed by atoms with Crippen molar-refractivity contribution in [2.24, 2.45) is 0 Å². The van der Waals surface area contributed by atoms with Gasteiger partial charge in [0.2, 0.25) is 11.8 Å². The zero-order valence-corrected chi connectivity index (χ0v) is 16.3. The van der Waals surface area contributed by atoms with Gasteiger partial charge in [0.15, 0.2) is 0 Å². The Hall–Kier alpha value is -2.04. The maximum atomic E-state index is 13.4. The molecular weight excluding hydrogens is 383 g/mol. The Balaban J connectivity index is 1.65. The van der Waals surface area contributed by atoms with Gasteiger partial charge in [-0.1, -0.05) is 59.6 Å². The first kappa shape index (κ1) is 18.3. The van der Waals surface area contributed by atoms with Gasteiger partial charge in [-0.15, -0.1) is 0 Å². The third kappa shape index (κ3) is 3.21. The minimum absolute atomic E-state index is 0.0971. The number of nitrogens with zero attached hydrogens (tertiary/aromatic N) is 1. The summed E-state index contributed by atoms with van der Waals surface area (Å²) in [7, 11) is 0. The van der Waals surface area contributed by atoms with E-state index in [-0.39, 0.29) is 17.9 Å². The molecule has 4 rings (SSSR count). The van der Waals surface area contributed by atoms with Crippen LogP contribution in [0, 0.1) is 0 Å². The molecule has 0 aliphatic carbocycles. The summed E-state index contributed by atoms with van der Waals surface area (Å²) < 4.78 is 0. The van der Waals surface area contributed by atoms with Crippen LogP contribution in [0.5, 0.6) is 0 Å². The van der Waals surface area contributed by atoms with E-state index in [2.05, 4.69) is 5.32 Å². The van der Waals surface area contributed by atoms with Gasteiger partial charge < -0.3 is 10.2 Å². The molecule has 2 saturated heterocycles. The summed E-state index contributed by atoms with van der Waals surface area (Å²) in [5.74, 6) is 0.00514. The van der Waals surface area contributed by atoms with Crippen LogP contribution < -0.4 is 5.32 Å². The number of hydrogen-bond acceptors (Lipinski definition) is 2. The van der Waals surface area contributed by atoms with Crippen LogP contribution in [0.15, 0.2) is 48.5 Å². The number of fused-ring (bicyclic) bond motifs is 1. The van der Waals surface area contributed by atoms with Crippen molar-refractivity contribution < 1.29 is 9.59 Å². The molecule has 2 fully saturated rings. The number of hydrogen-bond donors (Lipinski definition) is 1. The second kappa shape index (κ2) is 7.17. The van der Waals surface area contributed by atoms with E-state index in [4.69, 9.17) is 23.2 Å². The molecule has 2 aromatic rings. The minimum Gasteiger partial charge on any atom is -0.351 e. The van der Waals surface area contributed by atoms with E-state index in [1.165, 1.54) is 0 Å². The smallest absolute Gasteiger partial charge is 0.232 e. The number of carbonyl (C=O) groups excluding carboxylic acids is 2. The second-order valence-electron chi connectivity index (χ2n) is 7.25. The molecule has 6 heteroatoms. The van der Waals surface area contributed by atoms with Crippen LogP contribution >= 0.6 is 23.2 Å². The number of rotatable bonds is 4. The Morgan fingerprint density at radius 3 is 2.52 bits per heavy atom. The van der Waals surface area contributed by atoms with Crippen molar-refractivity contribution in [3.05, 3.63) is 69.7 Å². The Kier molecular flexibility index (Phi) is 4.87. The summed E-state index contributed by atoms with van der Waals surface area (Å²) in [6.07, 6.45) is 1.95. The van der Waals surface area contributed by atoms with Crippen LogP contribution in [-0.2, 0) is 21.5 Å². The molecule has 2 atom stereocenters. The first-order valence-corrected chi connectivity index (χ1v) is 9.83. The summed E-state index contributed by atoms with van der Waals surface area (Å²) in [4.78, 5) is 27.5. The van der Waals surface area contributed by atoms with Gasteiger partial charge in [0.1, 0.15) is 0 Å². The number of carbonyl (C=O) groups is 2. The fourth-order valence-corrected chi connectivity index (χ4v) is 4.82. The van der Waals surface area contributed by atoms with Gasteiger partial charge in [-0.2, -0.15) is 0 Å². The number of benzene rings is 2. The second-order valence-corrected chi connectivity index (χ2v) is 8.07. The molecule has 2 aliphatic heterocycles. The minimum atomic E-state index is -0.833. The van der Waals surface area contributed by atoms with Gasteiger partial charge in [0, 0.05) is 35.6 Å². The van der Waals surface area contributed by atoms with Crippen molar-refractivity contribution in [3.63, 3.8) is 0 Å². The number of amides is 2. The van der Waals surface area contributed by atoms with Gasteiger partial charge in [-0.3, -0.25) is 9.59 Å². The normalized spacial score (nSPS) is 24.1. The first-order valence-electron chi connectivity index (χ1n) is 9.07. The Labute approximate surface area is 168 Å². The topological polar surface area (TPSA) is 49.4 Å². The summed E-state index contributed by atoms with van der Waals surface area (Å²) in [6, 6.07) is 15.0. The summed E-state index contributed by atoms with van der Waals surface area (Å²) >= 11 is 12.7. The lowest BCUT2D eigenvalue weighted by Gasteiger charge is -2.30. The van der Waals surface area contributed by atoms with Crippen molar-refractivity contribution in [3.8, 4) is 0 Å². The fourth-order valence-electron chi connectivity index (χ4n) is 4.30. The molecule has 0 radical (unpaired) electrons. The SMILES string of the molecule is O=C1CC[C@H]2C[C@@](C(=O)NCc3ccccc3Cl)(c3ccccc3Cl)CN12. The Morgan fingerprint density at radius 1 is 1.11 bits per heavy atom. The number of halogens is 2. The van der Waals surface area contributed by atoms with Crippen LogP contribution in [0.2, 0.25) is 10.0 Å². The van der Waals surface area contributed by atoms with Gasteiger partial charge in [-0.25, -0.2) is 0 Å². The maximum absolute atomic E-state index is 13.4. The van der Waals surface area contributed by atoms with Crippen molar-refractivity contribution >= 4 is 35.0 Å². The molecule has 0 saturated carbocycles. The largest absolute Gasteiger partial charge is 0.351 e. The molecule has 1 N–H and O–H groups in total. The highest BCUT2D eigenvalue weighted by Gasteiger charge is 2.54. The van der Waals surface area contributed by atoms with Crippen LogP contribution in [-0.4, -0.2) is 29.3 Å². The monoisotopic (exact) mass is 402 g/mol. The van der Waals surface area contributed by atoms with E-state index in [1.54, 1.807) is 12.1 Å². The standard InChI is InChI=1S/C21H20Cl2N2O2/c22-17-7-3-1-5-14(17)12-24-20(27)21(16-6-2-4-8-18(16)23)11-15-9-10-19(26)25(15)13-21/h1-8,15H,9-13H2,(H,24,27)/t15-,21-/m0/s1. The van der Waals surface area contributed by atoms with Gasteiger partial charge >= 0.3 is 0 Å². The first-order chi connectivity index (χ1) is 13.0. The molecule has 140 valence electrons. The molecule has 0 spiro atoms. The number of nitrogens with one attached hydrogen (secondary N) is 1. The lowest BCUT2D eigenvalue weighted by molar-refractivity contribution is -0.129. The zero-order valence-electron chi connectivity index (χ0n) is 14.8. The third-order valence-electron chi connectivity index (χ3n) is 5.70. The average molecular weight is 403 g/mol. The van der Waals surface area contributed by atoms with Gasteiger partial charge in [0.25, 0.3) is 0 Å². The quantitative estimate of drug-likeness (QED) is 0.841. The van der Waals surface area contributed by atoms with Crippen molar-refractivity contribution in [2.75, 3.05) is 6.54 Å². The van der Waals surface area contributed by atoms with E-state index in [1.807, 2.05) is 41.3 Å². The molecule has 2 heterocycles. The fraction of sp³-hybridized carbons (Fsp3) is 0.333. The summed E-state index contributed by atoms with van der Waals surface area (Å²) in [6.45, 7) is 0.706. The van der Waals surface area contributed by atoms with E-state index in [9.17, 15) is 9.59 Å². The molecule has 2 aromatic carbocycles. The summed E-state index contributed by atoms with van der Waals surface area (Å²) in [5, 5.41) is 4.20. The molecule has 2 aliphatic rings. The molecular formula is C21H20Cl2N2O2. The van der Waals surface area contributed by atoms with Crippen LogP contribution in [0.3, 0.4) is 0 Å². The van der Waals surface area contributed by atoms with Crippen molar-refractivity contribution in [1.82, 2.24) is 10.2 Å². The molecule has 0 aromatic heterocycles. The third-order valence-corrected chi connectivity index (χ3v) is 6.40. The lowest BCUT2D eigenvalue weighted by atomic mass is 9.76. The Morgan fingerprint density at radius 2 is 1.81 bits per heavy atom. The maximum Gasteiger partial charge on any atom is 0.232 e. The average Bonchev–Trinajstić information content (AvgIpc) is 3.21. The van der Waals surface area contributed by atoms with E-state index in [0.717, 1.165) is 17.5 Å². The van der Waals surface area contributed by atoms with Crippen molar-refractivity contribution in [1.29, 1.82) is 0 Å². The van der Waals surface area contributed by atoms with Gasteiger partial charge in [-0.05, 0) is 36.1 Å². The van der Waals surface area contributed by atoms with Crippen molar-refractivity contribution in [2.45, 2.75) is 37.3 Å². The van der Waals surface area contributed by atoms with Gasteiger partial charge in [0.05, 0.1) is 5.41 Å². The molecule has 27 heavy (non-hydrogen) atoms. The molecule has 0 bridgehead atoms. The highest BCUT2D eigenvalue weighted by Crippen LogP contribution is 2.45. The lowest BCUT2D eigenvalue weighted by Crippen LogP contribution is -2.47. The van der Waals surface area contributed by atoms with E-state index in [0.29, 0.717) is 36.0 Å². The van der Waals surface area contributed by atoms with E-state index < -0.39 is 5.41 Å².